The summed E-state index contributed by atoms with van der Waals surface area (Å²) in [5.74, 6) is 2.15. The van der Waals surface area contributed by atoms with E-state index in [4.69, 9.17) is 21.1 Å². The van der Waals surface area contributed by atoms with Crippen molar-refractivity contribution in [1.82, 2.24) is 19.8 Å². The number of nitrogens with one attached hydrogen (secondary N) is 1. The first-order valence-corrected chi connectivity index (χ1v) is 13.8. The van der Waals surface area contributed by atoms with Gasteiger partial charge in [-0.15, -0.1) is 0 Å². The first-order chi connectivity index (χ1) is 18.2. The van der Waals surface area contributed by atoms with Gasteiger partial charge in [-0.2, -0.15) is 0 Å². The van der Waals surface area contributed by atoms with Gasteiger partial charge in [0.05, 0.1) is 24.3 Å². The molecule has 1 N–H and O–H groups in total. The largest absolute Gasteiger partial charge is 0.493 e. The Morgan fingerprint density at radius 3 is 2.74 bits per heavy atom. The molecule has 2 aliphatic rings. The van der Waals surface area contributed by atoms with Crippen LogP contribution < -0.4 is 14.8 Å². The van der Waals surface area contributed by atoms with Crippen LogP contribution in [0.4, 0.5) is 15.9 Å². The van der Waals surface area contributed by atoms with Gasteiger partial charge >= 0.3 is 0 Å². The van der Waals surface area contributed by atoms with Crippen molar-refractivity contribution in [2.75, 3.05) is 45.2 Å². The topological polar surface area (TPSA) is 62.8 Å². The lowest BCUT2D eigenvalue weighted by Gasteiger charge is -2.45. The maximum atomic E-state index is 13.6. The summed E-state index contributed by atoms with van der Waals surface area (Å²) < 4.78 is 25.4. The van der Waals surface area contributed by atoms with Gasteiger partial charge in [0.2, 0.25) is 0 Å². The first-order valence-electron chi connectivity index (χ1n) is 13.4. The molecule has 5 rings (SSSR count). The zero-order valence-electron chi connectivity index (χ0n) is 22.6. The van der Waals surface area contributed by atoms with Crippen molar-refractivity contribution < 1.29 is 13.9 Å². The van der Waals surface area contributed by atoms with E-state index in [1.54, 1.807) is 13.2 Å². The van der Waals surface area contributed by atoms with Crippen LogP contribution in [0.2, 0.25) is 5.02 Å². The van der Waals surface area contributed by atoms with E-state index in [-0.39, 0.29) is 10.6 Å². The molecule has 2 saturated heterocycles. The van der Waals surface area contributed by atoms with Crippen molar-refractivity contribution in [3.8, 4) is 11.5 Å². The molecule has 1 aromatic heterocycles. The highest BCUT2D eigenvalue weighted by atomic mass is 35.5. The zero-order chi connectivity index (χ0) is 26.9. The Kier molecular flexibility index (Phi) is 7.93. The number of hydrogen-bond acceptors (Lipinski definition) is 7. The Hall–Kier alpha value is -2.68. The molecule has 0 aliphatic carbocycles. The van der Waals surface area contributed by atoms with Crippen molar-refractivity contribution in [1.29, 1.82) is 0 Å². The van der Waals surface area contributed by atoms with E-state index in [1.807, 2.05) is 12.1 Å². The summed E-state index contributed by atoms with van der Waals surface area (Å²) in [6.07, 6.45) is 5.04. The highest BCUT2D eigenvalue weighted by Crippen LogP contribution is 2.36. The molecule has 2 atom stereocenters. The van der Waals surface area contributed by atoms with Crippen molar-refractivity contribution >= 4 is 34.0 Å². The second-order valence-electron chi connectivity index (χ2n) is 11.3. The van der Waals surface area contributed by atoms with Gasteiger partial charge in [-0.1, -0.05) is 11.6 Å². The smallest absolute Gasteiger partial charge is 0.162 e. The second-order valence-corrected chi connectivity index (χ2v) is 11.7. The summed E-state index contributed by atoms with van der Waals surface area (Å²) in [5, 5.41) is 4.03. The van der Waals surface area contributed by atoms with Crippen LogP contribution in [0.5, 0.6) is 11.5 Å². The number of aromatic nitrogens is 2. The summed E-state index contributed by atoms with van der Waals surface area (Å²) in [7, 11) is 1.63. The Morgan fingerprint density at radius 1 is 1.13 bits per heavy atom. The predicted octanol–water partition coefficient (Wildman–Crippen LogP) is 6.14. The van der Waals surface area contributed by atoms with E-state index in [2.05, 4.69) is 45.9 Å². The minimum absolute atomic E-state index is 0.0439. The van der Waals surface area contributed by atoms with E-state index in [9.17, 15) is 4.39 Å². The van der Waals surface area contributed by atoms with Crippen LogP contribution in [-0.2, 0) is 0 Å². The van der Waals surface area contributed by atoms with Crippen LogP contribution in [-0.4, -0.2) is 71.2 Å². The van der Waals surface area contributed by atoms with Crippen LogP contribution in [0, 0.1) is 11.7 Å². The molecule has 0 spiro atoms. The number of halogens is 2. The fourth-order valence-corrected chi connectivity index (χ4v) is 6.08. The molecule has 0 radical (unpaired) electrons. The fourth-order valence-electron chi connectivity index (χ4n) is 5.90. The van der Waals surface area contributed by atoms with Gasteiger partial charge in [-0.05, 0) is 76.8 Å². The molecule has 3 aromatic rings. The Balaban J connectivity index is 1.24. The predicted molar refractivity (Wildman–Crippen MR) is 150 cm³/mol. The van der Waals surface area contributed by atoms with Crippen molar-refractivity contribution in [2.24, 2.45) is 5.92 Å². The molecule has 7 nitrogen and oxygen atoms in total. The molecule has 2 aliphatic heterocycles. The second kappa shape index (κ2) is 11.2. The van der Waals surface area contributed by atoms with Crippen molar-refractivity contribution in [2.45, 2.75) is 51.6 Å². The van der Waals surface area contributed by atoms with Gasteiger partial charge in [0, 0.05) is 48.4 Å². The maximum Gasteiger partial charge on any atom is 0.162 e. The molecule has 0 amide bonds. The zero-order valence-corrected chi connectivity index (χ0v) is 23.4. The summed E-state index contributed by atoms with van der Waals surface area (Å²) in [5.41, 5.74) is 1.56. The third kappa shape index (κ3) is 5.82. The number of methoxy groups -OCH3 is 1. The molecule has 0 bridgehead atoms. The molecule has 0 saturated carbocycles. The van der Waals surface area contributed by atoms with E-state index in [0.29, 0.717) is 41.2 Å². The summed E-state index contributed by atoms with van der Waals surface area (Å²) in [6.45, 7) is 12.1. The standard InChI is InChI=1S/C29H37ClFN5O2/c1-29(2,3)36-11-5-7-19-16-35(17-25(19)36)10-6-12-38-27-14-21-24(15-26(27)37-4)32-18-33-28(21)34-20-8-9-23(31)22(30)13-20/h8-9,13-15,18-19,25H,5-7,10-12,16-17H2,1-4H3,(H,32,33,34). The Bertz CT molecular complexity index is 1280. The van der Waals surface area contributed by atoms with Gasteiger partial charge in [-0.25, -0.2) is 14.4 Å². The number of rotatable bonds is 8. The monoisotopic (exact) mass is 541 g/mol. The Labute approximate surface area is 229 Å². The third-order valence-electron chi connectivity index (χ3n) is 7.70. The SMILES string of the molecule is COc1cc2ncnc(Nc3ccc(F)c(Cl)c3)c2cc1OCCCN1CC2CCCN(C(C)(C)C)C2C1. The number of fused-ring (bicyclic) bond motifs is 2. The molecule has 2 unspecified atom stereocenters. The summed E-state index contributed by atoms with van der Waals surface area (Å²) in [6, 6.07) is 8.87. The van der Waals surface area contributed by atoms with Gasteiger partial charge < -0.3 is 19.7 Å². The van der Waals surface area contributed by atoms with E-state index < -0.39 is 5.82 Å². The van der Waals surface area contributed by atoms with Gasteiger partial charge in [-0.3, -0.25) is 4.90 Å². The van der Waals surface area contributed by atoms with Crippen LogP contribution in [0.3, 0.4) is 0 Å². The number of benzene rings is 2. The van der Waals surface area contributed by atoms with Gasteiger partial charge in [0.1, 0.15) is 18.0 Å². The minimum Gasteiger partial charge on any atom is -0.493 e. The molecule has 9 heteroatoms. The molecule has 38 heavy (non-hydrogen) atoms. The van der Waals surface area contributed by atoms with E-state index in [1.165, 1.54) is 44.4 Å². The fraction of sp³-hybridized carbons (Fsp3) is 0.517. The van der Waals surface area contributed by atoms with Crippen LogP contribution in [0.25, 0.3) is 10.9 Å². The van der Waals surface area contributed by atoms with Crippen molar-refractivity contribution in [3.63, 3.8) is 0 Å². The highest BCUT2D eigenvalue weighted by Gasteiger charge is 2.42. The summed E-state index contributed by atoms with van der Waals surface area (Å²) in [4.78, 5) is 14.1. The number of likely N-dealkylation sites (tertiary alicyclic amines) is 2. The summed E-state index contributed by atoms with van der Waals surface area (Å²) >= 11 is 5.95. The highest BCUT2D eigenvalue weighted by molar-refractivity contribution is 6.31. The number of hydrogen-bond donors (Lipinski definition) is 1. The third-order valence-corrected chi connectivity index (χ3v) is 7.99. The maximum absolute atomic E-state index is 13.6. The number of piperidine rings is 1. The lowest BCUT2D eigenvalue weighted by molar-refractivity contribution is 0.0366. The normalized spacial score (nSPS) is 20.5. The first kappa shape index (κ1) is 26.9. The number of nitrogens with zero attached hydrogens (tertiary/aromatic N) is 4. The molecule has 204 valence electrons. The molecular weight excluding hydrogens is 505 g/mol. The minimum atomic E-state index is -0.468. The van der Waals surface area contributed by atoms with Gasteiger partial charge in [0.25, 0.3) is 0 Å². The number of ether oxygens (including phenoxy) is 2. The lowest BCUT2D eigenvalue weighted by Crippen LogP contribution is -2.54. The average molecular weight is 542 g/mol. The lowest BCUT2D eigenvalue weighted by atomic mass is 9.88. The van der Waals surface area contributed by atoms with Crippen LogP contribution in [0.15, 0.2) is 36.7 Å². The average Bonchev–Trinajstić information content (AvgIpc) is 3.31. The number of anilines is 2. The van der Waals surface area contributed by atoms with Crippen LogP contribution in [0.1, 0.15) is 40.0 Å². The molecule has 3 heterocycles. The Morgan fingerprint density at radius 2 is 1.97 bits per heavy atom. The van der Waals surface area contributed by atoms with Crippen molar-refractivity contribution in [3.05, 3.63) is 47.5 Å². The van der Waals surface area contributed by atoms with Gasteiger partial charge in [0.15, 0.2) is 11.5 Å². The molecular formula is C29H37ClFN5O2. The van der Waals surface area contributed by atoms with Crippen LogP contribution >= 0.6 is 11.6 Å². The van der Waals surface area contributed by atoms with E-state index >= 15 is 0 Å². The molecule has 2 aromatic carbocycles. The molecule has 2 fully saturated rings. The quantitative estimate of drug-likeness (QED) is 0.344. The van der Waals surface area contributed by atoms with E-state index in [0.717, 1.165) is 30.8 Å².